The molecule has 1 aromatic heterocycles. The minimum atomic E-state index is -4.93. The molecular formula is C17H18F3N3O. The van der Waals surface area contributed by atoms with Crippen LogP contribution in [0.15, 0.2) is 48.8 Å². The lowest BCUT2D eigenvalue weighted by Crippen LogP contribution is -2.39. The van der Waals surface area contributed by atoms with E-state index in [1.54, 1.807) is 24.3 Å². The number of halogens is 3. The predicted molar refractivity (Wildman–Crippen MR) is 84.1 cm³/mol. The van der Waals surface area contributed by atoms with E-state index in [4.69, 9.17) is 0 Å². The fraction of sp³-hybridized carbons (Fsp3) is 0.294. The van der Waals surface area contributed by atoms with Crippen LogP contribution in [0.3, 0.4) is 0 Å². The number of aromatic nitrogens is 1. The molecule has 1 atom stereocenters. The van der Waals surface area contributed by atoms with E-state index in [1.165, 1.54) is 12.4 Å². The molecular weight excluding hydrogens is 319 g/mol. The lowest BCUT2D eigenvalue weighted by Gasteiger charge is -2.21. The lowest BCUT2D eigenvalue weighted by molar-refractivity contribution is -0.174. The number of hydrogen-bond acceptors (Lipinski definition) is 3. The van der Waals surface area contributed by atoms with Crippen LogP contribution < -0.4 is 5.32 Å². The van der Waals surface area contributed by atoms with Crippen molar-refractivity contribution in [3.8, 4) is 0 Å². The first kappa shape index (κ1) is 17.9. The zero-order chi connectivity index (χ0) is 17.7. The fourth-order valence-corrected chi connectivity index (χ4v) is 2.31. The van der Waals surface area contributed by atoms with E-state index in [0.717, 1.165) is 12.1 Å². The average Bonchev–Trinajstić information content (AvgIpc) is 2.52. The molecule has 0 saturated carbocycles. The third-order valence-corrected chi connectivity index (χ3v) is 3.38. The molecule has 1 heterocycles. The first-order chi connectivity index (χ1) is 11.3. The van der Waals surface area contributed by atoms with Gasteiger partial charge in [0.25, 0.3) is 0 Å². The van der Waals surface area contributed by atoms with Crippen molar-refractivity contribution in [1.82, 2.24) is 15.2 Å². The van der Waals surface area contributed by atoms with Crippen LogP contribution in [0.4, 0.5) is 13.2 Å². The summed E-state index contributed by atoms with van der Waals surface area (Å²) in [6, 6.07) is 9.38. The van der Waals surface area contributed by atoms with Gasteiger partial charge in [0.1, 0.15) is 0 Å². The smallest absolute Gasteiger partial charge is 0.337 e. The molecule has 0 radical (unpaired) electrons. The SMILES string of the molecule is CN(C)Cc1ccc(C(NC(=O)C(F)(F)F)c2ccncc2)cc1. The maximum absolute atomic E-state index is 12.6. The molecule has 1 aromatic carbocycles. The summed E-state index contributed by atoms with van der Waals surface area (Å²) in [6.07, 6.45) is -1.98. The van der Waals surface area contributed by atoms with Gasteiger partial charge in [0.05, 0.1) is 6.04 Å². The normalized spacial score (nSPS) is 12.9. The van der Waals surface area contributed by atoms with Crippen molar-refractivity contribution >= 4 is 5.91 Å². The molecule has 1 unspecified atom stereocenters. The summed E-state index contributed by atoms with van der Waals surface area (Å²) in [5.74, 6) is -1.97. The zero-order valence-corrected chi connectivity index (χ0v) is 13.3. The second-order valence-corrected chi connectivity index (χ2v) is 5.66. The number of alkyl halides is 3. The van der Waals surface area contributed by atoms with Crippen LogP contribution in [0.25, 0.3) is 0 Å². The highest BCUT2D eigenvalue weighted by Crippen LogP contribution is 2.25. The van der Waals surface area contributed by atoms with Gasteiger partial charge in [-0.1, -0.05) is 24.3 Å². The van der Waals surface area contributed by atoms with E-state index < -0.39 is 18.1 Å². The molecule has 0 aliphatic heterocycles. The van der Waals surface area contributed by atoms with E-state index in [-0.39, 0.29) is 0 Å². The molecule has 0 saturated heterocycles. The van der Waals surface area contributed by atoms with Crippen molar-refractivity contribution < 1.29 is 18.0 Å². The number of pyridine rings is 1. The molecule has 0 bridgehead atoms. The summed E-state index contributed by atoms with van der Waals surface area (Å²) >= 11 is 0. The van der Waals surface area contributed by atoms with E-state index in [2.05, 4.69) is 4.98 Å². The number of nitrogens with zero attached hydrogens (tertiary/aromatic N) is 2. The first-order valence-electron chi connectivity index (χ1n) is 7.28. The Labute approximate surface area is 138 Å². The summed E-state index contributed by atoms with van der Waals surface area (Å²) in [7, 11) is 3.86. The number of carbonyl (C=O) groups is 1. The largest absolute Gasteiger partial charge is 0.471 e. The standard InChI is InChI=1S/C17H18F3N3O/c1-23(2)11-12-3-5-13(6-4-12)15(14-7-9-21-10-8-14)22-16(24)17(18,19)20/h3-10,15H,11H2,1-2H3,(H,22,24). The summed E-state index contributed by atoms with van der Waals surface area (Å²) in [6.45, 7) is 0.717. The maximum Gasteiger partial charge on any atom is 0.471 e. The van der Waals surface area contributed by atoms with Gasteiger partial charge in [-0.3, -0.25) is 9.78 Å². The highest BCUT2D eigenvalue weighted by molar-refractivity contribution is 5.82. The Hall–Kier alpha value is -2.41. The van der Waals surface area contributed by atoms with Crippen LogP contribution in [-0.4, -0.2) is 36.1 Å². The van der Waals surface area contributed by atoms with Gasteiger partial charge < -0.3 is 10.2 Å². The Kier molecular flexibility index (Phi) is 5.56. The number of carbonyl (C=O) groups excluding carboxylic acids is 1. The quantitative estimate of drug-likeness (QED) is 0.912. The van der Waals surface area contributed by atoms with Crippen LogP contribution >= 0.6 is 0 Å². The second-order valence-electron chi connectivity index (χ2n) is 5.66. The Morgan fingerprint density at radius 3 is 2.12 bits per heavy atom. The molecule has 128 valence electrons. The van der Waals surface area contributed by atoms with Crippen molar-refractivity contribution in [2.75, 3.05) is 14.1 Å². The van der Waals surface area contributed by atoms with Gasteiger partial charge in [-0.05, 0) is 42.9 Å². The molecule has 24 heavy (non-hydrogen) atoms. The van der Waals surface area contributed by atoms with E-state index in [1.807, 2.05) is 36.4 Å². The van der Waals surface area contributed by atoms with Crippen LogP contribution in [0.2, 0.25) is 0 Å². The molecule has 1 amide bonds. The summed E-state index contributed by atoms with van der Waals surface area (Å²) in [5, 5.41) is 2.05. The molecule has 2 rings (SSSR count). The number of amides is 1. The van der Waals surface area contributed by atoms with Crippen molar-refractivity contribution in [1.29, 1.82) is 0 Å². The number of nitrogens with one attached hydrogen (secondary N) is 1. The van der Waals surface area contributed by atoms with Gasteiger partial charge in [-0.25, -0.2) is 0 Å². The van der Waals surface area contributed by atoms with Gasteiger partial charge >= 0.3 is 12.1 Å². The zero-order valence-electron chi connectivity index (χ0n) is 13.3. The molecule has 4 nitrogen and oxygen atoms in total. The highest BCUT2D eigenvalue weighted by Gasteiger charge is 2.40. The molecule has 0 aliphatic carbocycles. The van der Waals surface area contributed by atoms with Gasteiger partial charge in [-0.15, -0.1) is 0 Å². The summed E-state index contributed by atoms with van der Waals surface area (Å²) in [4.78, 5) is 17.2. The third kappa shape index (κ3) is 4.79. The topological polar surface area (TPSA) is 45.2 Å². The molecule has 0 spiro atoms. The van der Waals surface area contributed by atoms with Crippen molar-refractivity contribution in [2.45, 2.75) is 18.8 Å². The summed E-state index contributed by atoms with van der Waals surface area (Å²) in [5.41, 5.74) is 2.13. The Morgan fingerprint density at radius 1 is 1.08 bits per heavy atom. The van der Waals surface area contributed by atoms with Gasteiger partial charge in [-0.2, -0.15) is 13.2 Å². The van der Waals surface area contributed by atoms with E-state index >= 15 is 0 Å². The monoisotopic (exact) mass is 337 g/mol. The Balaban J connectivity index is 2.30. The van der Waals surface area contributed by atoms with Crippen molar-refractivity contribution in [3.63, 3.8) is 0 Å². The molecule has 7 heteroatoms. The number of rotatable bonds is 5. The lowest BCUT2D eigenvalue weighted by atomic mass is 9.98. The maximum atomic E-state index is 12.6. The Bertz CT molecular complexity index is 670. The third-order valence-electron chi connectivity index (χ3n) is 3.38. The molecule has 1 N–H and O–H groups in total. The summed E-state index contributed by atoms with van der Waals surface area (Å²) < 4.78 is 37.9. The van der Waals surface area contributed by atoms with E-state index in [9.17, 15) is 18.0 Å². The van der Waals surface area contributed by atoms with Crippen LogP contribution in [0.5, 0.6) is 0 Å². The number of hydrogen-bond donors (Lipinski definition) is 1. The predicted octanol–water partition coefficient (Wildman–Crippen LogP) is 2.91. The highest BCUT2D eigenvalue weighted by atomic mass is 19.4. The molecule has 0 aliphatic rings. The van der Waals surface area contributed by atoms with Gasteiger partial charge in [0.2, 0.25) is 0 Å². The molecule has 2 aromatic rings. The van der Waals surface area contributed by atoms with Crippen molar-refractivity contribution in [2.24, 2.45) is 0 Å². The second kappa shape index (κ2) is 7.44. The first-order valence-corrected chi connectivity index (χ1v) is 7.28. The van der Waals surface area contributed by atoms with Crippen LogP contribution in [0.1, 0.15) is 22.7 Å². The van der Waals surface area contributed by atoms with E-state index in [0.29, 0.717) is 11.1 Å². The van der Waals surface area contributed by atoms with Crippen molar-refractivity contribution in [3.05, 3.63) is 65.5 Å². The van der Waals surface area contributed by atoms with Crippen LogP contribution in [-0.2, 0) is 11.3 Å². The fourth-order valence-electron chi connectivity index (χ4n) is 2.31. The average molecular weight is 337 g/mol. The minimum Gasteiger partial charge on any atom is -0.337 e. The molecule has 0 fully saturated rings. The number of benzene rings is 1. The van der Waals surface area contributed by atoms with Gasteiger partial charge in [0, 0.05) is 18.9 Å². The van der Waals surface area contributed by atoms with Crippen LogP contribution in [0, 0.1) is 0 Å². The minimum absolute atomic E-state index is 0.531. The van der Waals surface area contributed by atoms with Gasteiger partial charge in [0.15, 0.2) is 0 Å². The Morgan fingerprint density at radius 2 is 1.62 bits per heavy atom.